The molecule has 39 heavy (non-hydrogen) atoms. The van der Waals surface area contributed by atoms with Crippen LogP contribution in [0.1, 0.15) is 27.0 Å². The number of carbonyl (C=O) groups excluding carboxylic acids is 1. The monoisotopic (exact) mass is 553 g/mol. The minimum atomic E-state index is -4.28. The summed E-state index contributed by atoms with van der Waals surface area (Å²) in [4.78, 5) is 22.4. The van der Waals surface area contributed by atoms with Crippen molar-refractivity contribution in [3.8, 4) is 23.8 Å². The van der Waals surface area contributed by atoms with E-state index in [1.807, 2.05) is 5.92 Å². The Labute approximate surface area is 222 Å². The number of amides is 1. The van der Waals surface area contributed by atoms with Gasteiger partial charge in [-0.25, -0.2) is 13.2 Å². The van der Waals surface area contributed by atoms with Crippen molar-refractivity contribution in [1.82, 2.24) is 20.3 Å². The number of terminal acetylenes is 1. The summed E-state index contributed by atoms with van der Waals surface area (Å²) in [5.74, 6) is 0.289. The lowest BCUT2D eigenvalue weighted by molar-refractivity contribution is -0.115. The summed E-state index contributed by atoms with van der Waals surface area (Å²) in [7, 11) is -1.61. The van der Waals surface area contributed by atoms with Gasteiger partial charge < -0.3 is 24.4 Å². The number of fused-ring (bicyclic) bond motifs is 1. The molecular weight excluding hydrogens is 530 g/mol. The van der Waals surface area contributed by atoms with Crippen LogP contribution < -0.4 is 19.5 Å². The maximum Gasteiger partial charge on any atom is 0.336 e. The lowest BCUT2D eigenvalue weighted by Crippen LogP contribution is -2.20. The highest BCUT2D eigenvalue weighted by Gasteiger charge is 2.27. The van der Waals surface area contributed by atoms with Crippen LogP contribution >= 0.6 is 0 Å². The first-order valence-corrected chi connectivity index (χ1v) is 12.7. The zero-order chi connectivity index (χ0) is 28.3. The van der Waals surface area contributed by atoms with Gasteiger partial charge in [-0.3, -0.25) is 14.2 Å². The Kier molecular flexibility index (Phi) is 7.45. The molecular formula is C25H23N5O8S. The molecule has 0 radical (unpaired) electrons. The molecule has 0 bridgehead atoms. The molecule has 0 fully saturated rings. The molecule has 0 saturated heterocycles. The van der Waals surface area contributed by atoms with Gasteiger partial charge in [0.1, 0.15) is 21.8 Å². The molecule has 2 heterocycles. The first-order valence-electron chi connectivity index (χ1n) is 11.2. The Balaban J connectivity index is 1.63. The number of ether oxygens (including phenoxy) is 2. The number of anilines is 1. The van der Waals surface area contributed by atoms with Crippen molar-refractivity contribution >= 4 is 38.7 Å². The van der Waals surface area contributed by atoms with Gasteiger partial charge in [0, 0.05) is 23.9 Å². The number of hydrogen-bond acceptors (Lipinski definition) is 9. The van der Waals surface area contributed by atoms with Gasteiger partial charge in [-0.05, 0) is 42.7 Å². The highest BCUT2D eigenvalue weighted by Crippen LogP contribution is 2.37. The second-order valence-electron chi connectivity index (χ2n) is 8.26. The van der Waals surface area contributed by atoms with Gasteiger partial charge in [0.25, 0.3) is 15.9 Å². The highest BCUT2D eigenvalue weighted by molar-refractivity contribution is 7.92. The maximum absolute atomic E-state index is 13.3. The van der Waals surface area contributed by atoms with Crippen LogP contribution in [0, 0.1) is 19.3 Å². The Morgan fingerprint density at radius 3 is 2.64 bits per heavy atom. The summed E-state index contributed by atoms with van der Waals surface area (Å²) in [5.41, 5.74) is 1.77. The van der Waals surface area contributed by atoms with Crippen LogP contribution in [-0.4, -0.2) is 54.6 Å². The Morgan fingerprint density at radius 2 is 1.97 bits per heavy atom. The predicted octanol–water partition coefficient (Wildman–Crippen LogP) is 2.15. The predicted molar refractivity (Wildman–Crippen MR) is 138 cm³/mol. The van der Waals surface area contributed by atoms with E-state index in [0.717, 1.165) is 11.6 Å². The highest BCUT2D eigenvalue weighted by atomic mass is 32.2. The van der Waals surface area contributed by atoms with Crippen molar-refractivity contribution < 1.29 is 37.1 Å². The van der Waals surface area contributed by atoms with E-state index in [2.05, 4.69) is 20.3 Å². The van der Waals surface area contributed by atoms with Crippen LogP contribution in [0.5, 0.6) is 11.5 Å². The van der Waals surface area contributed by atoms with E-state index in [1.54, 1.807) is 29.2 Å². The fraction of sp³-hybridized carbons (Fsp3) is 0.200. The molecule has 2 aromatic carbocycles. The minimum absolute atomic E-state index is 0.0893. The largest absolute Gasteiger partial charge is 0.496 e. The summed E-state index contributed by atoms with van der Waals surface area (Å²) in [6.07, 6.45) is 8.37. The standard InChI is InChI=1S/C25H23N5O8S/c1-5-21(31)26-10-16-11-27-30(13-16)12-15-8-18(36-3)22-19(9-15)38-28-24(22)29-39(34,35)20-7-6-17(25(32)33)14(2)23(20)37-4/h1,6-9,11,13H,10,12H2,2-4H3,(H,26,31)(H,28,29)(H,32,33). The smallest absolute Gasteiger partial charge is 0.336 e. The topological polar surface area (TPSA) is 175 Å². The van der Waals surface area contributed by atoms with E-state index in [4.69, 9.17) is 20.4 Å². The van der Waals surface area contributed by atoms with Crippen molar-refractivity contribution in [1.29, 1.82) is 0 Å². The van der Waals surface area contributed by atoms with Crippen molar-refractivity contribution in [2.45, 2.75) is 24.9 Å². The van der Waals surface area contributed by atoms with Crippen molar-refractivity contribution in [2.24, 2.45) is 0 Å². The van der Waals surface area contributed by atoms with E-state index >= 15 is 0 Å². The quantitative estimate of drug-likeness (QED) is 0.247. The second kappa shape index (κ2) is 10.8. The SMILES string of the molecule is C#CC(=O)NCc1cnn(Cc2cc(OC)c3c(NS(=O)(=O)c4ccc(C(=O)O)c(C)c4OC)noc3c2)c1. The average molecular weight is 554 g/mol. The average Bonchev–Trinajstić information content (AvgIpc) is 3.52. The molecule has 13 nitrogen and oxygen atoms in total. The van der Waals surface area contributed by atoms with Crippen LogP contribution in [0.2, 0.25) is 0 Å². The zero-order valence-electron chi connectivity index (χ0n) is 21.0. The number of carbonyl (C=O) groups is 2. The summed E-state index contributed by atoms with van der Waals surface area (Å²) >= 11 is 0. The van der Waals surface area contributed by atoms with E-state index in [0.29, 0.717) is 17.9 Å². The Morgan fingerprint density at radius 1 is 1.21 bits per heavy atom. The third-order valence-electron chi connectivity index (χ3n) is 5.76. The maximum atomic E-state index is 13.3. The fourth-order valence-corrected chi connectivity index (χ4v) is 5.19. The lowest BCUT2D eigenvalue weighted by Gasteiger charge is -2.14. The molecule has 1 amide bonds. The normalized spacial score (nSPS) is 11.1. The molecule has 0 aliphatic carbocycles. The van der Waals surface area contributed by atoms with Crippen molar-refractivity contribution in [3.63, 3.8) is 0 Å². The van der Waals surface area contributed by atoms with E-state index in [1.165, 1.54) is 27.2 Å². The zero-order valence-corrected chi connectivity index (χ0v) is 21.8. The first kappa shape index (κ1) is 27.0. The first-order chi connectivity index (χ1) is 18.6. The van der Waals surface area contributed by atoms with Gasteiger partial charge in [0.15, 0.2) is 11.4 Å². The molecule has 0 atom stereocenters. The molecule has 2 aromatic heterocycles. The van der Waals surface area contributed by atoms with E-state index in [-0.39, 0.29) is 45.1 Å². The summed E-state index contributed by atoms with van der Waals surface area (Å²) in [6, 6.07) is 5.68. The number of rotatable bonds is 10. The number of hydrogen-bond donors (Lipinski definition) is 3. The van der Waals surface area contributed by atoms with Gasteiger partial charge in [0.2, 0.25) is 0 Å². The lowest BCUT2D eigenvalue weighted by atomic mass is 10.1. The summed E-state index contributed by atoms with van der Waals surface area (Å²) in [5, 5.41) is 20.3. The minimum Gasteiger partial charge on any atom is -0.496 e. The van der Waals surface area contributed by atoms with Gasteiger partial charge in [0.05, 0.1) is 32.5 Å². The number of carboxylic acids is 1. The molecule has 0 spiro atoms. The third kappa shape index (κ3) is 5.48. The van der Waals surface area contributed by atoms with Crippen LogP contribution in [0.25, 0.3) is 11.0 Å². The third-order valence-corrected chi connectivity index (χ3v) is 7.12. The number of carboxylic acid groups (broad SMARTS) is 1. The molecule has 4 aromatic rings. The van der Waals surface area contributed by atoms with E-state index < -0.39 is 21.9 Å². The van der Waals surface area contributed by atoms with Gasteiger partial charge in [-0.1, -0.05) is 5.16 Å². The molecule has 4 rings (SSSR count). The van der Waals surface area contributed by atoms with Gasteiger partial charge in [-0.2, -0.15) is 5.10 Å². The van der Waals surface area contributed by atoms with Crippen LogP contribution in [-0.2, 0) is 27.9 Å². The summed E-state index contributed by atoms with van der Waals surface area (Å²) in [6.45, 7) is 1.98. The van der Waals surface area contributed by atoms with Crippen molar-refractivity contribution in [2.75, 3.05) is 18.9 Å². The molecule has 0 saturated carbocycles. The van der Waals surface area contributed by atoms with E-state index in [9.17, 15) is 23.1 Å². The fourth-order valence-electron chi connectivity index (χ4n) is 3.96. The molecule has 0 aliphatic rings. The molecule has 3 N–H and O–H groups in total. The van der Waals surface area contributed by atoms with Crippen LogP contribution in [0.3, 0.4) is 0 Å². The van der Waals surface area contributed by atoms with Crippen LogP contribution in [0.4, 0.5) is 5.82 Å². The van der Waals surface area contributed by atoms with Crippen molar-refractivity contribution in [3.05, 3.63) is 58.9 Å². The number of benzene rings is 2. The second-order valence-corrected chi connectivity index (χ2v) is 9.91. The molecule has 0 unspecified atom stereocenters. The van der Waals surface area contributed by atoms with Gasteiger partial charge >= 0.3 is 5.97 Å². The number of nitrogens with zero attached hydrogens (tertiary/aromatic N) is 3. The molecule has 202 valence electrons. The number of aromatic nitrogens is 3. The van der Waals surface area contributed by atoms with Gasteiger partial charge in [-0.15, -0.1) is 6.42 Å². The number of methoxy groups -OCH3 is 2. The number of sulfonamides is 1. The summed E-state index contributed by atoms with van der Waals surface area (Å²) < 4.78 is 46.7. The van der Waals surface area contributed by atoms with Crippen LogP contribution in [0.15, 0.2) is 46.1 Å². The number of nitrogens with one attached hydrogen (secondary N) is 2. The Bertz CT molecular complexity index is 1730. The Hall–Kier alpha value is -5.03. The number of aromatic carboxylic acids is 1. The molecule has 0 aliphatic heterocycles. The molecule has 14 heteroatoms.